The summed E-state index contributed by atoms with van der Waals surface area (Å²) in [5.41, 5.74) is 1.05. The smallest absolute Gasteiger partial charge is 0.119 e. The van der Waals surface area contributed by atoms with E-state index in [1.54, 1.807) is 0 Å². The zero-order valence-electron chi connectivity index (χ0n) is 10.5. The van der Waals surface area contributed by atoms with Crippen molar-refractivity contribution in [2.75, 3.05) is 13.2 Å². The number of hydrogen-bond donors (Lipinski definition) is 1. The van der Waals surface area contributed by atoms with Crippen LogP contribution in [0.1, 0.15) is 18.7 Å². The summed E-state index contributed by atoms with van der Waals surface area (Å²) < 4.78 is 5.61. The van der Waals surface area contributed by atoms with E-state index in [-0.39, 0.29) is 6.04 Å². The highest BCUT2D eigenvalue weighted by molar-refractivity contribution is 5.20. The summed E-state index contributed by atoms with van der Waals surface area (Å²) in [6.45, 7) is 3.55. The van der Waals surface area contributed by atoms with E-state index in [9.17, 15) is 0 Å². The van der Waals surface area contributed by atoms with E-state index in [4.69, 9.17) is 4.74 Å². The van der Waals surface area contributed by atoms with Crippen molar-refractivity contribution >= 4 is 0 Å². The van der Waals surface area contributed by atoms with Gasteiger partial charge in [-0.2, -0.15) is 0 Å². The van der Waals surface area contributed by atoms with Crippen molar-refractivity contribution in [2.24, 2.45) is 0 Å². The second-order valence-corrected chi connectivity index (χ2v) is 4.09. The summed E-state index contributed by atoms with van der Waals surface area (Å²) in [6, 6.07) is 16.0. The van der Waals surface area contributed by atoms with Crippen molar-refractivity contribution < 1.29 is 4.74 Å². The van der Waals surface area contributed by atoms with Gasteiger partial charge in [0.1, 0.15) is 12.4 Å². The fourth-order valence-corrected chi connectivity index (χ4v) is 1.70. The Morgan fingerprint density at radius 2 is 1.89 bits per heavy atom. The number of hydrogen-bond acceptors (Lipinski definition) is 3. The molecule has 1 heterocycles. The van der Waals surface area contributed by atoms with Crippen LogP contribution >= 0.6 is 0 Å². The number of nitrogens with one attached hydrogen (secondary N) is 1. The Balaban J connectivity index is 1.70. The minimum absolute atomic E-state index is 0.241. The van der Waals surface area contributed by atoms with Crippen LogP contribution in [0.15, 0.2) is 54.7 Å². The molecule has 0 bridgehead atoms. The number of benzene rings is 1. The predicted molar refractivity (Wildman–Crippen MR) is 72.6 cm³/mol. The average molecular weight is 242 g/mol. The topological polar surface area (TPSA) is 34.1 Å². The molecule has 1 atom stereocenters. The Kier molecular flexibility index (Phi) is 4.73. The molecule has 0 radical (unpaired) electrons. The number of ether oxygens (including phenoxy) is 1. The lowest BCUT2D eigenvalue weighted by Gasteiger charge is -2.13. The molecule has 0 saturated carbocycles. The molecule has 18 heavy (non-hydrogen) atoms. The standard InChI is InChI=1S/C15H18N2O/c1-13(15-9-5-6-10-17-15)16-11-12-18-14-7-3-2-4-8-14/h2-10,13,16H,11-12H2,1H3. The van der Waals surface area contributed by atoms with Gasteiger partial charge in [0.05, 0.1) is 5.69 Å². The van der Waals surface area contributed by atoms with Gasteiger partial charge in [-0.3, -0.25) is 4.98 Å². The van der Waals surface area contributed by atoms with E-state index in [1.165, 1.54) is 0 Å². The van der Waals surface area contributed by atoms with Gasteiger partial charge in [0.15, 0.2) is 0 Å². The van der Waals surface area contributed by atoms with Crippen molar-refractivity contribution in [2.45, 2.75) is 13.0 Å². The van der Waals surface area contributed by atoms with Crippen molar-refractivity contribution in [3.05, 3.63) is 60.4 Å². The van der Waals surface area contributed by atoms with E-state index in [0.717, 1.165) is 18.0 Å². The Morgan fingerprint density at radius 1 is 1.11 bits per heavy atom. The van der Waals surface area contributed by atoms with Gasteiger partial charge < -0.3 is 10.1 Å². The highest BCUT2D eigenvalue weighted by Gasteiger charge is 2.04. The molecule has 0 fully saturated rings. The molecule has 94 valence electrons. The average Bonchev–Trinajstić information content (AvgIpc) is 2.45. The molecule has 0 saturated heterocycles. The van der Waals surface area contributed by atoms with Gasteiger partial charge in [0, 0.05) is 18.8 Å². The molecule has 3 nitrogen and oxygen atoms in total. The van der Waals surface area contributed by atoms with Crippen LogP contribution in [0.5, 0.6) is 5.75 Å². The van der Waals surface area contributed by atoms with Gasteiger partial charge >= 0.3 is 0 Å². The minimum atomic E-state index is 0.241. The highest BCUT2D eigenvalue weighted by Crippen LogP contribution is 2.09. The summed E-state index contributed by atoms with van der Waals surface area (Å²) in [5, 5.41) is 3.38. The SMILES string of the molecule is CC(NCCOc1ccccc1)c1ccccn1. The molecule has 3 heteroatoms. The number of aromatic nitrogens is 1. The van der Waals surface area contributed by atoms with Crippen LogP contribution in [0.25, 0.3) is 0 Å². The summed E-state index contributed by atoms with van der Waals surface area (Å²) in [4.78, 5) is 4.31. The van der Waals surface area contributed by atoms with Crippen LogP contribution in [0, 0.1) is 0 Å². The van der Waals surface area contributed by atoms with E-state index in [1.807, 2.05) is 54.7 Å². The molecule has 1 unspecified atom stereocenters. The fraction of sp³-hybridized carbons (Fsp3) is 0.267. The summed E-state index contributed by atoms with van der Waals surface area (Å²) in [5.74, 6) is 0.907. The van der Waals surface area contributed by atoms with Gasteiger partial charge in [-0.1, -0.05) is 24.3 Å². The molecule has 2 rings (SSSR count). The first-order valence-corrected chi connectivity index (χ1v) is 6.18. The second kappa shape index (κ2) is 6.77. The third-order valence-corrected chi connectivity index (χ3v) is 2.70. The van der Waals surface area contributed by atoms with Crippen LogP contribution in [0.2, 0.25) is 0 Å². The van der Waals surface area contributed by atoms with Crippen molar-refractivity contribution in [3.8, 4) is 5.75 Å². The maximum absolute atomic E-state index is 5.61. The van der Waals surface area contributed by atoms with E-state index < -0.39 is 0 Å². The van der Waals surface area contributed by atoms with E-state index in [0.29, 0.717) is 6.61 Å². The highest BCUT2D eigenvalue weighted by atomic mass is 16.5. The predicted octanol–water partition coefficient (Wildman–Crippen LogP) is 2.81. The maximum Gasteiger partial charge on any atom is 0.119 e. The molecule has 0 aliphatic rings. The lowest BCUT2D eigenvalue weighted by atomic mass is 10.2. The number of para-hydroxylation sites is 1. The van der Waals surface area contributed by atoms with Crippen LogP contribution in [0.3, 0.4) is 0 Å². The number of nitrogens with zero attached hydrogens (tertiary/aromatic N) is 1. The first-order valence-electron chi connectivity index (χ1n) is 6.18. The van der Waals surface area contributed by atoms with E-state index in [2.05, 4.69) is 17.2 Å². The summed E-state index contributed by atoms with van der Waals surface area (Å²) in [7, 11) is 0. The van der Waals surface area contributed by atoms with Crippen molar-refractivity contribution in [1.29, 1.82) is 0 Å². The fourth-order valence-electron chi connectivity index (χ4n) is 1.70. The maximum atomic E-state index is 5.61. The van der Waals surface area contributed by atoms with Gasteiger partial charge in [-0.15, -0.1) is 0 Å². The first kappa shape index (κ1) is 12.6. The van der Waals surface area contributed by atoms with Crippen molar-refractivity contribution in [3.63, 3.8) is 0 Å². The molecule has 0 aliphatic heterocycles. The number of pyridine rings is 1. The van der Waals surface area contributed by atoms with Crippen molar-refractivity contribution in [1.82, 2.24) is 10.3 Å². The Bertz CT molecular complexity index is 445. The van der Waals surface area contributed by atoms with Gasteiger partial charge in [-0.05, 0) is 31.2 Å². The lowest BCUT2D eigenvalue weighted by molar-refractivity contribution is 0.307. The summed E-state index contributed by atoms with van der Waals surface area (Å²) in [6.07, 6.45) is 1.81. The molecule has 0 spiro atoms. The Morgan fingerprint density at radius 3 is 2.61 bits per heavy atom. The van der Waals surface area contributed by atoms with Gasteiger partial charge in [0.2, 0.25) is 0 Å². The monoisotopic (exact) mass is 242 g/mol. The lowest BCUT2D eigenvalue weighted by Crippen LogP contribution is -2.24. The molecular weight excluding hydrogens is 224 g/mol. The molecular formula is C15H18N2O. The Labute approximate surface area is 108 Å². The summed E-state index contributed by atoms with van der Waals surface area (Å²) >= 11 is 0. The molecule has 2 aromatic rings. The molecule has 1 N–H and O–H groups in total. The largest absolute Gasteiger partial charge is 0.492 e. The van der Waals surface area contributed by atoms with Gasteiger partial charge in [-0.25, -0.2) is 0 Å². The second-order valence-electron chi connectivity index (χ2n) is 4.09. The third kappa shape index (κ3) is 3.86. The quantitative estimate of drug-likeness (QED) is 0.791. The van der Waals surface area contributed by atoms with Gasteiger partial charge in [0.25, 0.3) is 0 Å². The molecule has 1 aromatic heterocycles. The Hall–Kier alpha value is -1.87. The van der Waals surface area contributed by atoms with E-state index >= 15 is 0 Å². The minimum Gasteiger partial charge on any atom is -0.492 e. The third-order valence-electron chi connectivity index (χ3n) is 2.70. The molecule has 0 aliphatic carbocycles. The number of rotatable bonds is 6. The van der Waals surface area contributed by atoms with Crippen LogP contribution in [-0.4, -0.2) is 18.1 Å². The normalized spacial score (nSPS) is 12.1. The van der Waals surface area contributed by atoms with Crippen LogP contribution in [0.4, 0.5) is 0 Å². The zero-order valence-corrected chi connectivity index (χ0v) is 10.5. The van der Waals surface area contributed by atoms with Crippen LogP contribution < -0.4 is 10.1 Å². The molecule has 0 amide bonds. The molecule has 1 aromatic carbocycles. The van der Waals surface area contributed by atoms with Crippen LogP contribution in [-0.2, 0) is 0 Å². The first-order chi connectivity index (χ1) is 8.86. The zero-order chi connectivity index (χ0) is 12.6.